The molecule has 1 unspecified atom stereocenters. The Bertz CT molecular complexity index is 1360. The minimum atomic E-state index is 0.0162. The maximum atomic E-state index is 6.15. The molecule has 3 aromatic carbocycles. The van der Waals surface area contributed by atoms with Gasteiger partial charge in [0.25, 0.3) is 0 Å². The van der Waals surface area contributed by atoms with Crippen molar-refractivity contribution in [1.29, 1.82) is 0 Å². The van der Waals surface area contributed by atoms with E-state index in [9.17, 15) is 0 Å². The van der Waals surface area contributed by atoms with Crippen LogP contribution in [0.15, 0.2) is 96.4 Å². The van der Waals surface area contributed by atoms with Crippen LogP contribution >= 0.6 is 11.6 Å². The molecule has 0 aliphatic carbocycles. The fourth-order valence-corrected chi connectivity index (χ4v) is 4.40. The van der Waals surface area contributed by atoms with E-state index >= 15 is 0 Å². The van der Waals surface area contributed by atoms with E-state index in [-0.39, 0.29) is 12.8 Å². The minimum absolute atomic E-state index is 0.0162. The van der Waals surface area contributed by atoms with Gasteiger partial charge in [0.15, 0.2) is 11.5 Å². The number of rotatable bonds is 5. The highest BCUT2D eigenvalue weighted by atomic mass is 35.5. The van der Waals surface area contributed by atoms with Gasteiger partial charge in [-0.25, -0.2) is 0 Å². The van der Waals surface area contributed by atoms with Gasteiger partial charge in [0.05, 0.1) is 17.4 Å². The van der Waals surface area contributed by atoms with Crippen LogP contribution in [0.3, 0.4) is 0 Å². The van der Waals surface area contributed by atoms with Crippen molar-refractivity contribution < 1.29 is 9.47 Å². The average molecular weight is 469 g/mol. The van der Waals surface area contributed by atoms with Crippen LogP contribution in [0.4, 0.5) is 17.1 Å². The zero-order valence-corrected chi connectivity index (χ0v) is 18.9. The highest BCUT2D eigenvalue weighted by molar-refractivity contribution is 6.30. The van der Waals surface area contributed by atoms with Crippen LogP contribution in [0.2, 0.25) is 5.02 Å². The van der Waals surface area contributed by atoms with Crippen LogP contribution in [-0.4, -0.2) is 17.5 Å². The smallest absolute Gasteiger partial charge is 0.231 e. The third-order valence-corrected chi connectivity index (χ3v) is 6.20. The number of aromatic nitrogens is 1. The Labute approximate surface area is 202 Å². The summed E-state index contributed by atoms with van der Waals surface area (Å²) in [7, 11) is 0. The SMILES string of the molecule is Clc1ccc(N2N=C(c3cccc(Nc4ccncc4)c3)CC2c2ccc3c(c2)OCO3)cc1. The molecule has 6 rings (SSSR count). The van der Waals surface area contributed by atoms with Crippen molar-refractivity contribution in [3.8, 4) is 11.5 Å². The summed E-state index contributed by atoms with van der Waals surface area (Å²) in [6.45, 7) is 0.253. The van der Waals surface area contributed by atoms with Crippen LogP contribution in [-0.2, 0) is 0 Å². The first-order valence-corrected chi connectivity index (χ1v) is 11.4. The van der Waals surface area contributed by atoms with Crippen LogP contribution in [0.5, 0.6) is 11.5 Å². The molecule has 0 spiro atoms. The number of ether oxygens (including phenoxy) is 2. The molecule has 7 heteroatoms. The van der Waals surface area contributed by atoms with Gasteiger partial charge in [0.2, 0.25) is 6.79 Å². The molecule has 2 aliphatic heterocycles. The molecular formula is C27H21ClN4O2. The molecular weight excluding hydrogens is 448 g/mol. The molecule has 3 heterocycles. The molecule has 1 N–H and O–H groups in total. The van der Waals surface area contributed by atoms with Crippen LogP contribution in [0.25, 0.3) is 0 Å². The second kappa shape index (κ2) is 8.72. The fraction of sp³-hybridized carbons (Fsp3) is 0.111. The lowest BCUT2D eigenvalue weighted by Gasteiger charge is -2.24. The van der Waals surface area contributed by atoms with Gasteiger partial charge in [-0.15, -0.1) is 0 Å². The summed E-state index contributed by atoms with van der Waals surface area (Å²) in [4.78, 5) is 4.08. The molecule has 0 saturated heterocycles. The van der Waals surface area contributed by atoms with E-state index in [1.54, 1.807) is 12.4 Å². The molecule has 4 aromatic rings. The molecule has 34 heavy (non-hydrogen) atoms. The van der Waals surface area contributed by atoms with Crippen molar-refractivity contribution in [1.82, 2.24) is 4.98 Å². The number of nitrogens with zero attached hydrogens (tertiary/aromatic N) is 3. The van der Waals surface area contributed by atoms with E-state index in [0.29, 0.717) is 5.02 Å². The predicted molar refractivity (Wildman–Crippen MR) is 134 cm³/mol. The van der Waals surface area contributed by atoms with E-state index in [2.05, 4.69) is 39.6 Å². The van der Waals surface area contributed by atoms with Crippen molar-refractivity contribution in [2.45, 2.75) is 12.5 Å². The number of anilines is 3. The van der Waals surface area contributed by atoms with Gasteiger partial charge in [0.1, 0.15) is 0 Å². The van der Waals surface area contributed by atoms with Crippen LogP contribution in [0.1, 0.15) is 23.6 Å². The van der Waals surface area contributed by atoms with Crippen molar-refractivity contribution in [2.24, 2.45) is 5.10 Å². The second-order valence-corrected chi connectivity index (χ2v) is 8.58. The van der Waals surface area contributed by atoms with E-state index in [0.717, 1.165) is 51.8 Å². The molecule has 0 bridgehead atoms. The zero-order valence-electron chi connectivity index (χ0n) is 18.2. The number of fused-ring (bicyclic) bond motifs is 1. The third kappa shape index (κ3) is 4.04. The molecule has 0 radical (unpaired) electrons. The third-order valence-electron chi connectivity index (χ3n) is 5.95. The number of nitrogens with one attached hydrogen (secondary N) is 1. The van der Waals surface area contributed by atoms with Crippen molar-refractivity contribution >= 4 is 34.4 Å². The summed E-state index contributed by atoms with van der Waals surface area (Å²) in [5, 5.41) is 11.2. The molecule has 0 amide bonds. The van der Waals surface area contributed by atoms with E-state index in [4.69, 9.17) is 26.2 Å². The number of benzene rings is 3. The number of halogens is 1. The van der Waals surface area contributed by atoms with Crippen molar-refractivity contribution in [3.63, 3.8) is 0 Å². The number of hydrogen-bond acceptors (Lipinski definition) is 6. The van der Waals surface area contributed by atoms with Crippen LogP contribution < -0.4 is 19.8 Å². The Morgan fingerprint density at radius 2 is 1.68 bits per heavy atom. The Balaban J connectivity index is 1.35. The standard InChI is InChI=1S/C27H21ClN4O2/c28-20-5-7-23(8-6-20)32-25(19-4-9-26-27(15-19)34-17-33-26)16-24(31-32)18-2-1-3-22(14-18)30-21-10-12-29-13-11-21/h1-15,25H,16-17H2,(H,29,30). The molecule has 0 saturated carbocycles. The monoisotopic (exact) mass is 468 g/mol. The number of hydrazone groups is 1. The lowest BCUT2D eigenvalue weighted by atomic mass is 9.97. The highest BCUT2D eigenvalue weighted by Crippen LogP contribution is 2.41. The normalized spacial score (nSPS) is 16.4. The van der Waals surface area contributed by atoms with Gasteiger partial charge in [-0.2, -0.15) is 5.10 Å². The zero-order chi connectivity index (χ0) is 22.9. The van der Waals surface area contributed by atoms with Gasteiger partial charge >= 0.3 is 0 Å². The van der Waals surface area contributed by atoms with Crippen molar-refractivity contribution in [2.75, 3.05) is 17.1 Å². The Hall–Kier alpha value is -4.03. The van der Waals surface area contributed by atoms with Gasteiger partial charge in [-0.3, -0.25) is 9.99 Å². The van der Waals surface area contributed by atoms with Gasteiger partial charge in [-0.1, -0.05) is 29.8 Å². The Morgan fingerprint density at radius 1 is 0.853 bits per heavy atom. The second-order valence-electron chi connectivity index (χ2n) is 8.14. The lowest BCUT2D eigenvalue weighted by Crippen LogP contribution is -2.18. The molecule has 1 aromatic heterocycles. The van der Waals surface area contributed by atoms with Crippen molar-refractivity contribution in [3.05, 3.63) is 107 Å². The topological polar surface area (TPSA) is 59.0 Å². The van der Waals surface area contributed by atoms with Gasteiger partial charge < -0.3 is 14.8 Å². The minimum Gasteiger partial charge on any atom is -0.454 e. The molecule has 1 atom stereocenters. The highest BCUT2D eigenvalue weighted by Gasteiger charge is 2.31. The van der Waals surface area contributed by atoms with Crippen LogP contribution in [0, 0.1) is 0 Å². The first-order chi connectivity index (χ1) is 16.7. The van der Waals surface area contributed by atoms with E-state index in [1.807, 2.05) is 54.6 Å². The largest absolute Gasteiger partial charge is 0.454 e. The number of pyridine rings is 1. The summed E-state index contributed by atoms with van der Waals surface area (Å²) in [5.41, 5.74) is 6.16. The summed E-state index contributed by atoms with van der Waals surface area (Å²) in [6, 6.07) is 26.1. The van der Waals surface area contributed by atoms with E-state index < -0.39 is 0 Å². The predicted octanol–water partition coefficient (Wildman–Crippen LogP) is 6.56. The summed E-state index contributed by atoms with van der Waals surface area (Å²) < 4.78 is 11.1. The van der Waals surface area contributed by atoms with Gasteiger partial charge in [-0.05, 0) is 71.8 Å². The summed E-state index contributed by atoms with van der Waals surface area (Å²) >= 11 is 6.15. The van der Waals surface area contributed by atoms with E-state index in [1.165, 1.54) is 0 Å². The first-order valence-electron chi connectivity index (χ1n) is 11.0. The molecule has 168 valence electrons. The Morgan fingerprint density at radius 3 is 2.53 bits per heavy atom. The summed E-state index contributed by atoms with van der Waals surface area (Å²) in [6.07, 6.45) is 4.29. The average Bonchev–Trinajstić information content (AvgIpc) is 3.52. The summed E-state index contributed by atoms with van der Waals surface area (Å²) in [5.74, 6) is 1.54. The van der Waals surface area contributed by atoms with Gasteiger partial charge in [0, 0.05) is 35.2 Å². The maximum absolute atomic E-state index is 6.15. The Kier molecular flexibility index (Phi) is 5.28. The molecule has 2 aliphatic rings. The quantitative estimate of drug-likeness (QED) is 0.359. The fourth-order valence-electron chi connectivity index (χ4n) is 4.28. The first kappa shape index (κ1) is 20.6. The molecule has 0 fully saturated rings. The maximum Gasteiger partial charge on any atom is 0.231 e. The molecule has 6 nitrogen and oxygen atoms in total. The number of hydrogen-bond donors (Lipinski definition) is 1. The lowest BCUT2D eigenvalue weighted by molar-refractivity contribution is 0.174.